The predicted molar refractivity (Wildman–Crippen MR) is 205 cm³/mol. The van der Waals surface area contributed by atoms with Crippen LogP contribution in [0.4, 0.5) is 0 Å². The topological polar surface area (TPSA) is 13.1 Å². The van der Waals surface area contributed by atoms with E-state index >= 15 is 0 Å². The third-order valence-corrected chi connectivity index (χ3v) is 10.1. The second-order valence-corrected chi connectivity index (χ2v) is 12.8. The Morgan fingerprint density at radius 3 is 2.02 bits per heavy atom. The Kier molecular flexibility index (Phi) is 6.73. The molecule has 0 saturated carbocycles. The number of hydrogen-bond acceptors (Lipinski definition) is 1. The zero-order valence-electron chi connectivity index (χ0n) is 26.9. The van der Waals surface area contributed by atoms with Crippen LogP contribution in [0.5, 0.6) is 0 Å². The van der Waals surface area contributed by atoms with Gasteiger partial charge in [-0.25, -0.2) is 0 Å². The summed E-state index contributed by atoms with van der Waals surface area (Å²) in [4.78, 5) is 0. The molecule has 0 fully saturated rings. The van der Waals surface area contributed by atoms with E-state index in [4.69, 9.17) is 4.42 Å². The molecule has 0 bridgehead atoms. The molecule has 0 spiro atoms. The first-order valence-corrected chi connectivity index (χ1v) is 16.8. The SMILES string of the molecule is C=CC1=Cc2c(oc3ccc(-c4c5ccccc5c(-c5ccc6ccccc6c5)c5cc(-c6ccccc6)ccc45)cc23)CC1/C=C\C. The maximum atomic E-state index is 6.49. The van der Waals surface area contributed by atoms with Crippen molar-refractivity contribution in [2.24, 2.45) is 5.92 Å². The molecule has 1 aliphatic rings. The van der Waals surface area contributed by atoms with Crippen molar-refractivity contribution in [2.75, 3.05) is 0 Å². The molecule has 7 aromatic carbocycles. The Morgan fingerprint density at radius 1 is 0.583 bits per heavy atom. The second-order valence-electron chi connectivity index (χ2n) is 12.8. The van der Waals surface area contributed by atoms with Crippen LogP contribution in [0.15, 0.2) is 168 Å². The zero-order valence-corrected chi connectivity index (χ0v) is 26.9. The standard InChI is InChI=1S/C47H34O/c1-3-12-33-29-45-42(26-30(33)4-2)41-28-37(22-24-44(41)48-45)46-38-17-10-11-18-39(38)47(36-20-19-32-15-8-9-16-34(32)25-36)43-27-35(21-23-40(43)46)31-13-6-5-7-14-31/h3-28,33H,2,29H2,1H3/b12-3-. The lowest BCUT2D eigenvalue weighted by Crippen LogP contribution is -2.08. The molecule has 0 saturated heterocycles. The highest BCUT2D eigenvalue weighted by Crippen LogP contribution is 2.46. The Morgan fingerprint density at radius 2 is 1.23 bits per heavy atom. The van der Waals surface area contributed by atoms with E-state index in [0.29, 0.717) is 0 Å². The number of fused-ring (bicyclic) bond motifs is 6. The average Bonchev–Trinajstić information content (AvgIpc) is 3.50. The van der Waals surface area contributed by atoms with Crippen LogP contribution in [-0.2, 0) is 6.42 Å². The maximum Gasteiger partial charge on any atom is 0.134 e. The fourth-order valence-electron chi connectivity index (χ4n) is 7.80. The lowest BCUT2D eigenvalue weighted by molar-refractivity contribution is 0.521. The van der Waals surface area contributed by atoms with Crippen molar-refractivity contribution >= 4 is 49.4 Å². The summed E-state index contributed by atoms with van der Waals surface area (Å²) in [7, 11) is 0. The van der Waals surface area contributed by atoms with Gasteiger partial charge in [0, 0.05) is 23.3 Å². The van der Waals surface area contributed by atoms with Crippen LogP contribution in [0.1, 0.15) is 18.2 Å². The molecule has 0 amide bonds. The monoisotopic (exact) mass is 614 g/mol. The van der Waals surface area contributed by atoms with Crippen molar-refractivity contribution in [3.05, 3.63) is 175 Å². The Balaban J connectivity index is 1.34. The quantitative estimate of drug-likeness (QED) is 0.139. The second kappa shape index (κ2) is 11.4. The molecule has 0 radical (unpaired) electrons. The number of hydrogen-bond donors (Lipinski definition) is 0. The summed E-state index contributed by atoms with van der Waals surface area (Å²) in [6, 6.07) is 48.8. The van der Waals surface area contributed by atoms with Crippen LogP contribution < -0.4 is 0 Å². The minimum Gasteiger partial charge on any atom is -0.460 e. The van der Waals surface area contributed by atoms with Gasteiger partial charge < -0.3 is 4.42 Å². The first kappa shape index (κ1) is 28.3. The van der Waals surface area contributed by atoms with Gasteiger partial charge in [0.15, 0.2) is 0 Å². The third-order valence-electron chi connectivity index (χ3n) is 10.1. The first-order valence-electron chi connectivity index (χ1n) is 16.8. The molecule has 0 N–H and O–H groups in total. The van der Waals surface area contributed by atoms with Gasteiger partial charge in [-0.05, 0) is 109 Å². The smallest absolute Gasteiger partial charge is 0.134 e. The lowest BCUT2D eigenvalue weighted by Gasteiger charge is -2.19. The summed E-state index contributed by atoms with van der Waals surface area (Å²) >= 11 is 0. The van der Waals surface area contributed by atoms with Crippen LogP contribution in [0, 0.1) is 5.92 Å². The summed E-state index contributed by atoms with van der Waals surface area (Å²) < 4.78 is 6.49. The van der Waals surface area contributed by atoms with Crippen molar-refractivity contribution in [2.45, 2.75) is 13.3 Å². The minimum absolute atomic E-state index is 0.286. The fourth-order valence-corrected chi connectivity index (χ4v) is 7.80. The van der Waals surface area contributed by atoms with Crippen LogP contribution in [0.25, 0.3) is 82.7 Å². The van der Waals surface area contributed by atoms with Crippen LogP contribution in [0.3, 0.4) is 0 Å². The summed E-state index contributed by atoms with van der Waals surface area (Å²) in [5, 5.41) is 8.62. The van der Waals surface area contributed by atoms with Crippen molar-refractivity contribution in [3.8, 4) is 33.4 Å². The molecule has 228 valence electrons. The molecule has 1 heterocycles. The Labute approximate surface area is 280 Å². The van der Waals surface area contributed by atoms with Crippen LogP contribution in [-0.4, -0.2) is 0 Å². The molecule has 9 rings (SSSR count). The maximum absolute atomic E-state index is 6.49. The fraction of sp³-hybridized carbons (Fsp3) is 0.0638. The molecule has 1 heteroatoms. The van der Waals surface area contributed by atoms with Crippen molar-refractivity contribution < 1.29 is 4.42 Å². The van der Waals surface area contributed by atoms with E-state index < -0.39 is 0 Å². The molecule has 8 aromatic rings. The molecular formula is C47H34O. The number of furan rings is 1. The average molecular weight is 615 g/mol. The van der Waals surface area contributed by atoms with Gasteiger partial charge in [0.25, 0.3) is 0 Å². The first-order chi connectivity index (χ1) is 23.7. The van der Waals surface area contributed by atoms with Crippen molar-refractivity contribution in [1.82, 2.24) is 0 Å². The highest BCUT2D eigenvalue weighted by Gasteiger charge is 2.24. The normalized spacial score (nSPS) is 14.6. The van der Waals surface area contributed by atoms with Gasteiger partial charge in [-0.15, -0.1) is 0 Å². The molecule has 1 aromatic heterocycles. The predicted octanol–water partition coefficient (Wildman–Crippen LogP) is 13.2. The third kappa shape index (κ3) is 4.54. The van der Waals surface area contributed by atoms with Gasteiger partial charge in [-0.1, -0.05) is 134 Å². The van der Waals surface area contributed by atoms with E-state index in [9.17, 15) is 0 Å². The summed E-state index contributed by atoms with van der Waals surface area (Å²) in [5.41, 5.74) is 10.7. The van der Waals surface area contributed by atoms with Gasteiger partial charge in [-0.2, -0.15) is 0 Å². The van der Waals surface area contributed by atoms with E-state index in [-0.39, 0.29) is 5.92 Å². The minimum atomic E-state index is 0.286. The Hall–Kier alpha value is -5.92. The molecule has 48 heavy (non-hydrogen) atoms. The highest BCUT2D eigenvalue weighted by molar-refractivity contribution is 6.22. The zero-order chi connectivity index (χ0) is 32.2. The van der Waals surface area contributed by atoms with Crippen molar-refractivity contribution in [1.29, 1.82) is 0 Å². The van der Waals surface area contributed by atoms with E-state index in [0.717, 1.165) is 23.2 Å². The van der Waals surface area contributed by atoms with Crippen molar-refractivity contribution in [3.63, 3.8) is 0 Å². The van der Waals surface area contributed by atoms with E-state index in [1.165, 1.54) is 76.8 Å². The van der Waals surface area contributed by atoms with Gasteiger partial charge in [0.1, 0.15) is 11.3 Å². The summed E-state index contributed by atoms with van der Waals surface area (Å²) in [6.07, 6.45) is 9.48. The van der Waals surface area contributed by atoms with E-state index in [1.807, 2.05) is 6.08 Å². The number of allylic oxidation sites excluding steroid dienone is 4. The van der Waals surface area contributed by atoms with E-state index in [1.54, 1.807) is 0 Å². The molecule has 1 unspecified atom stereocenters. The van der Waals surface area contributed by atoms with Gasteiger partial charge in [-0.3, -0.25) is 0 Å². The molecule has 1 aliphatic carbocycles. The van der Waals surface area contributed by atoms with Crippen LogP contribution in [0.2, 0.25) is 0 Å². The molecule has 1 nitrogen and oxygen atoms in total. The largest absolute Gasteiger partial charge is 0.460 e. The lowest BCUT2D eigenvalue weighted by atomic mass is 9.83. The summed E-state index contributed by atoms with van der Waals surface area (Å²) in [5.74, 6) is 1.33. The number of rotatable bonds is 5. The molecule has 1 atom stereocenters. The van der Waals surface area contributed by atoms with E-state index in [2.05, 4.69) is 165 Å². The number of benzene rings is 7. The van der Waals surface area contributed by atoms with Crippen LogP contribution >= 0.6 is 0 Å². The summed E-state index contributed by atoms with van der Waals surface area (Å²) in [6.45, 7) is 6.21. The van der Waals surface area contributed by atoms with Gasteiger partial charge >= 0.3 is 0 Å². The molecule has 0 aliphatic heterocycles. The Bertz CT molecular complexity index is 2610. The van der Waals surface area contributed by atoms with Gasteiger partial charge in [0.05, 0.1) is 0 Å². The highest BCUT2D eigenvalue weighted by atomic mass is 16.3. The molecular weight excluding hydrogens is 581 g/mol. The van der Waals surface area contributed by atoms with Gasteiger partial charge in [0.2, 0.25) is 0 Å².